The van der Waals surface area contributed by atoms with Crippen molar-refractivity contribution in [3.8, 4) is 0 Å². The first kappa shape index (κ1) is 15.4. The number of hydrogen-bond donors (Lipinski definition) is 0. The van der Waals surface area contributed by atoms with Gasteiger partial charge in [0.1, 0.15) is 0 Å². The van der Waals surface area contributed by atoms with Crippen LogP contribution in [-0.4, -0.2) is 12.7 Å². The lowest BCUT2D eigenvalue weighted by Crippen LogP contribution is -2.28. The van der Waals surface area contributed by atoms with Gasteiger partial charge in [0.05, 0.1) is 6.10 Å². The molecule has 2 aliphatic rings. The van der Waals surface area contributed by atoms with Gasteiger partial charge in [-0.25, -0.2) is 0 Å². The van der Waals surface area contributed by atoms with E-state index in [0.29, 0.717) is 6.10 Å². The van der Waals surface area contributed by atoms with Crippen LogP contribution in [0.2, 0.25) is 0 Å². The lowest BCUT2D eigenvalue weighted by atomic mass is 9.71. The molecule has 112 valence electrons. The van der Waals surface area contributed by atoms with Crippen LogP contribution < -0.4 is 0 Å². The lowest BCUT2D eigenvalue weighted by Gasteiger charge is -2.37. The summed E-state index contributed by atoms with van der Waals surface area (Å²) in [5, 5.41) is 0. The van der Waals surface area contributed by atoms with E-state index < -0.39 is 0 Å². The quantitative estimate of drug-likeness (QED) is 0.570. The van der Waals surface area contributed by atoms with E-state index in [0.717, 1.165) is 24.4 Å². The van der Waals surface area contributed by atoms with Crippen LogP contribution in [0.4, 0.5) is 0 Å². The predicted molar refractivity (Wildman–Crippen MR) is 82.3 cm³/mol. The molecule has 0 saturated heterocycles. The van der Waals surface area contributed by atoms with E-state index in [1.165, 1.54) is 70.6 Å². The monoisotopic (exact) mass is 266 g/mol. The molecule has 2 saturated carbocycles. The summed E-state index contributed by atoms with van der Waals surface area (Å²) in [5.74, 6) is 3.08. The third kappa shape index (κ3) is 5.10. The van der Waals surface area contributed by atoms with Crippen LogP contribution in [0.5, 0.6) is 0 Å². The molecule has 0 atom stereocenters. The summed E-state index contributed by atoms with van der Waals surface area (Å²) >= 11 is 0. The Labute approximate surface area is 120 Å². The SMILES string of the molecule is CCCCCO[C@H]1CC[C@H]([C@H]2CC[C@H](C)CC2)CC1. The first-order valence-electron chi connectivity index (χ1n) is 8.91. The van der Waals surface area contributed by atoms with E-state index in [-0.39, 0.29) is 0 Å². The summed E-state index contributed by atoms with van der Waals surface area (Å²) in [6.07, 6.45) is 16.0. The third-order valence-corrected chi connectivity index (χ3v) is 5.55. The molecule has 0 N–H and O–H groups in total. The van der Waals surface area contributed by atoms with Crippen LogP contribution >= 0.6 is 0 Å². The van der Waals surface area contributed by atoms with Gasteiger partial charge in [0.15, 0.2) is 0 Å². The molecule has 1 heteroatoms. The van der Waals surface area contributed by atoms with Gasteiger partial charge in [-0.2, -0.15) is 0 Å². The summed E-state index contributed by atoms with van der Waals surface area (Å²) < 4.78 is 6.04. The van der Waals surface area contributed by atoms with Gasteiger partial charge in [0.25, 0.3) is 0 Å². The largest absolute Gasteiger partial charge is 0.378 e. The van der Waals surface area contributed by atoms with E-state index in [9.17, 15) is 0 Å². The highest BCUT2D eigenvalue weighted by molar-refractivity contribution is 4.81. The minimum absolute atomic E-state index is 0.593. The zero-order chi connectivity index (χ0) is 13.5. The van der Waals surface area contributed by atoms with E-state index in [4.69, 9.17) is 4.74 Å². The molecule has 0 unspecified atom stereocenters. The van der Waals surface area contributed by atoms with Crippen LogP contribution in [0.1, 0.15) is 84.5 Å². The Morgan fingerprint density at radius 1 is 0.789 bits per heavy atom. The minimum atomic E-state index is 0.593. The maximum atomic E-state index is 6.04. The molecule has 0 aromatic heterocycles. The minimum Gasteiger partial charge on any atom is -0.378 e. The smallest absolute Gasteiger partial charge is 0.0575 e. The van der Waals surface area contributed by atoms with Crippen molar-refractivity contribution in [2.75, 3.05) is 6.61 Å². The van der Waals surface area contributed by atoms with Gasteiger partial charge in [-0.05, 0) is 62.7 Å². The number of hydrogen-bond acceptors (Lipinski definition) is 1. The Morgan fingerprint density at radius 3 is 1.95 bits per heavy atom. The Morgan fingerprint density at radius 2 is 1.37 bits per heavy atom. The maximum absolute atomic E-state index is 6.04. The van der Waals surface area contributed by atoms with E-state index in [2.05, 4.69) is 13.8 Å². The summed E-state index contributed by atoms with van der Waals surface area (Å²) in [6, 6.07) is 0. The highest BCUT2D eigenvalue weighted by Gasteiger charge is 2.29. The summed E-state index contributed by atoms with van der Waals surface area (Å²) in [7, 11) is 0. The molecule has 0 aromatic carbocycles. The van der Waals surface area contributed by atoms with Gasteiger partial charge in [-0.1, -0.05) is 39.5 Å². The highest BCUT2D eigenvalue weighted by Crippen LogP contribution is 2.40. The molecule has 19 heavy (non-hydrogen) atoms. The highest BCUT2D eigenvalue weighted by atomic mass is 16.5. The average Bonchev–Trinajstić information content (AvgIpc) is 2.45. The molecule has 2 fully saturated rings. The second kappa shape index (κ2) is 8.29. The Bertz CT molecular complexity index is 222. The molecule has 0 radical (unpaired) electrons. The first-order valence-corrected chi connectivity index (χ1v) is 8.91. The van der Waals surface area contributed by atoms with Crippen LogP contribution in [0.15, 0.2) is 0 Å². The normalized spacial score (nSPS) is 36.3. The van der Waals surface area contributed by atoms with Crippen molar-refractivity contribution in [3.05, 3.63) is 0 Å². The second-order valence-electron chi connectivity index (χ2n) is 7.13. The number of unbranched alkanes of at least 4 members (excludes halogenated alkanes) is 2. The van der Waals surface area contributed by atoms with Crippen molar-refractivity contribution in [2.45, 2.75) is 90.6 Å². The Hall–Kier alpha value is -0.0400. The van der Waals surface area contributed by atoms with E-state index in [1.54, 1.807) is 0 Å². The molecule has 0 amide bonds. The van der Waals surface area contributed by atoms with Gasteiger partial charge >= 0.3 is 0 Å². The molecule has 0 spiro atoms. The van der Waals surface area contributed by atoms with Crippen molar-refractivity contribution in [1.82, 2.24) is 0 Å². The van der Waals surface area contributed by atoms with E-state index >= 15 is 0 Å². The van der Waals surface area contributed by atoms with Gasteiger partial charge in [0, 0.05) is 6.61 Å². The molecule has 2 rings (SSSR count). The lowest BCUT2D eigenvalue weighted by molar-refractivity contribution is 0.00575. The molecule has 0 bridgehead atoms. The summed E-state index contributed by atoms with van der Waals surface area (Å²) in [5.41, 5.74) is 0. The van der Waals surface area contributed by atoms with Crippen LogP contribution in [0, 0.1) is 17.8 Å². The Balaban J connectivity index is 1.59. The fourth-order valence-electron chi connectivity index (χ4n) is 4.09. The van der Waals surface area contributed by atoms with Crippen LogP contribution in [0.3, 0.4) is 0 Å². The standard InChI is InChI=1S/C18H34O/c1-3-4-5-14-19-18-12-10-17(11-13-18)16-8-6-15(2)7-9-16/h15-18H,3-14H2,1-2H3/t15-,16-,17-,18-. The van der Waals surface area contributed by atoms with Crippen molar-refractivity contribution in [1.29, 1.82) is 0 Å². The topological polar surface area (TPSA) is 9.23 Å². The fraction of sp³-hybridized carbons (Fsp3) is 1.00. The number of rotatable bonds is 6. The van der Waals surface area contributed by atoms with Gasteiger partial charge in [0.2, 0.25) is 0 Å². The zero-order valence-electron chi connectivity index (χ0n) is 13.2. The fourth-order valence-corrected chi connectivity index (χ4v) is 4.09. The Kier molecular flexibility index (Phi) is 6.70. The van der Waals surface area contributed by atoms with Crippen molar-refractivity contribution in [3.63, 3.8) is 0 Å². The molecule has 2 aliphatic carbocycles. The summed E-state index contributed by atoms with van der Waals surface area (Å²) in [6.45, 7) is 5.69. The molecule has 0 aliphatic heterocycles. The van der Waals surface area contributed by atoms with Gasteiger partial charge < -0.3 is 4.74 Å². The molecular weight excluding hydrogens is 232 g/mol. The molecule has 0 heterocycles. The number of ether oxygens (including phenoxy) is 1. The molecule has 1 nitrogen and oxygen atoms in total. The van der Waals surface area contributed by atoms with Crippen molar-refractivity contribution >= 4 is 0 Å². The van der Waals surface area contributed by atoms with Gasteiger partial charge in [-0.15, -0.1) is 0 Å². The average molecular weight is 266 g/mol. The van der Waals surface area contributed by atoms with Crippen LogP contribution in [-0.2, 0) is 4.74 Å². The molecule has 0 aromatic rings. The predicted octanol–water partition coefficient (Wildman–Crippen LogP) is 5.58. The van der Waals surface area contributed by atoms with Crippen molar-refractivity contribution < 1.29 is 4.74 Å². The van der Waals surface area contributed by atoms with E-state index in [1.807, 2.05) is 0 Å². The summed E-state index contributed by atoms with van der Waals surface area (Å²) in [4.78, 5) is 0. The van der Waals surface area contributed by atoms with Crippen LogP contribution in [0.25, 0.3) is 0 Å². The molecular formula is C18H34O. The maximum Gasteiger partial charge on any atom is 0.0575 e. The van der Waals surface area contributed by atoms with Crippen molar-refractivity contribution in [2.24, 2.45) is 17.8 Å². The van der Waals surface area contributed by atoms with Gasteiger partial charge in [-0.3, -0.25) is 0 Å². The first-order chi connectivity index (χ1) is 9.29. The third-order valence-electron chi connectivity index (χ3n) is 5.55. The second-order valence-corrected chi connectivity index (χ2v) is 7.13. The zero-order valence-corrected chi connectivity index (χ0v) is 13.2.